The summed E-state index contributed by atoms with van der Waals surface area (Å²) in [7, 11) is 0. The topological polar surface area (TPSA) is 46.2 Å². The van der Waals surface area contributed by atoms with Crippen molar-refractivity contribution in [3.63, 3.8) is 0 Å². The number of imide groups is 1. The smallest absolute Gasteiger partial charge is 0.270 e. The lowest BCUT2D eigenvalue weighted by Gasteiger charge is -2.10. The molecule has 5 heteroatoms. The second-order valence-corrected chi connectivity index (χ2v) is 4.24. The molecule has 1 aliphatic heterocycles. The van der Waals surface area contributed by atoms with Crippen LogP contribution in [0.3, 0.4) is 0 Å². The highest BCUT2D eigenvalue weighted by Crippen LogP contribution is 2.28. The number of benzene rings is 1. The van der Waals surface area contributed by atoms with Crippen LogP contribution in [0.5, 0.6) is 0 Å². The van der Waals surface area contributed by atoms with Gasteiger partial charge >= 0.3 is 0 Å². The van der Waals surface area contributed by atoms with E-state index in [0.29, 0.717) is 5.56 Å². The number of hydrogen-bond acceptors (Lipinski definition) is 2. The Morgan fingerprint density at radius 1 is 1.33 bits per heavy atom. The molecule has 1 heterocycles. The van der Waals surface area contributed by atoms with Crippen LogP contribution in [0, 0.1) is 0 Å². The molecule has 0 aliphatic carbocycles. The van der Waals surface area contributed by atoms with Gasteiger partial charge in [0.05, 0.1) is 6.42 Å². The fourth-order valence-electron chi connectivity index (χ4n) is 1.72. The number of carbonyl (C=O) groups excluding carboxylic acids is 2. The van der Waals surface area contributed by atoms with Gasteiger partial charge in [0.15, 0.2) is 0 Å². The van der Waals surface area contributed by atoms with Gasteiger partial charge < -0.3 is 0 Å². The molecule has 2 amide bonds. The average molecular weight is 251 g/mol. The largest absolute Gasteiger partial charge is 0.292 e. The fraction of sp³-hybridized carbons (Fsp3) is 0.231. The Balaban J connectivity index is 2.33. The Morgan fingerprint density at radius 3 is 2.61 bits per heavy atom. The van der Waals surface area contributed by atoms with E-state index in [4.69, 9.17) is 0 Å². The van der Waals surface area contributed by atoms with E-state index in [9.17, 15) is 18.4 Å². The van der Waals surface area contributed by atoms with E-state index in [-0.39, 0.29) is 23.5 Å². The minimum absolute atomic E-state index is 0.00835. The molecule has 0 bridgehead atoms. The van der Waals surface area contributed by atoms with Crippen LogP contribution >= 0.6 is 0 Å². The summed E-state index contributed by atoms with van der Waals surface area (Å²) in [6.45, 7) is 0.811. The highest BCUT2D eigenvalue weighted by atomic mass is 19.3. The van der Waals surface area contributed by atoms with Crippen molar-refractivity contribution < 1.29 is 18.4 Å². The second-order valence-electron chi connectivity index (χ2n) is 4.24. The van der Waals surface area contributed by atoms with Crippen LogP contribution in [-0.2, 0) is 15.5 Å². The van der Waals surface area contributed by atoms with Crippen LogP contribution in [0.4, 0.5) is 8.78 Å². The molecule has 1 N–H and O–H groups in total. The molecule has 0 atom stereocenters. The maximum Gasteiger partial charge on any atom is 0.270 e. The predicted octanol–water partition coefficient (Wildman–Crippen LogP) is 2.23. The molecule has 2 rings (SSSR count). The molecule has 0 radical (unpaired) electrons. The van der Waals surface area contributed by atoms with Crippen molar-refractivity contribution in [1.82, 2.24) is 5.32 Å². The summed E-state index contributed by atoms with van der Waals surface area (Å²) in [5.41, 5.74) is 0.645. The lowest BCUT2D eigenvalue weighted by atomic mass is 10.0. The quantitative estimate of drug-likeness (QED) is 0.647. The molecule has 0 aromatic heterocycles. The molecule has 1 aromatic rings. The second kappa shape index (κ2) is 4.33. The number of hydrogen-bond donors (Lipinski definition) is 1. The summed E-state index contributed by atoms with van der Waals surface area (Å²) >= 11 is 0. The van der Waals surface area contributed by atoms with Gasteiger partial charge in [-0.2, -0.15) is 0 Å². The van der Waals surface area contributed by atoms with Crippen LogP contribution in [-0.4, -0.2) is 11.8 Å². The van der Waals surface area contributed by atoms with Crippen molar-refractivity contribution in [3.8, 4) is 0 Å². The number of amides is 2. The van der Waals surface area contributed by atoms with Gasteiger partial charge in [0, 0.05) is 18.1 Å². The van der Waals surface area contributed by atoms with Gasteiger partial charge in [-0.15, -0.1) is 0 Å². The molecule has 18 heavy (non-hydrogen) atoms. The zero-order chi connectivity index (χ0) is 13.3. The summed E-state index contributed by atoms with van der Waals surface area (Å²) in [6, 6.07) is 5.73. The lowest BCUT2D eigenvalue weighted by Crippen LogP contribution is -2.19. The van der Waals surface area contributed by atoms with Crippen molar-refractivity contribution in [2.45, 2.75) is 19.3 Å². The van der Waals surface area contributed by atoms with Crippen molar-refractivity contribution in [1.29, 1.82) is 0 Å². The van der Waals surface area contributed by atoms with Crippen molar-refractivity contribution >= 4 is 17.9 Å². The molecule has 0 unspecified atom stereocenters. The molecule has 3 nitrogen and oxygen atoms in total. The van der Waals surface area contributed by atoms with E-state index in [1.165, 1.54) is 24.3 Å². The molecule has 0 saturated carbocycles. The Kier molecular flexibility index (Phi) is 2.98. The Labute approximate surface area is 102 Å². The standard InChI is InChI=1S/C13H11F2NO2/c1-13(14,15)10-4-2-3-8(6-10)5-9-7-11(17)16-12(9)18/h2-6H,7H2,1H3,(H,16,17,18)/b9-5+. The first kappa shape index (κ1) is 12.4. The van der Waals surface area contributed by atoms with E-state index in [1.54, 1.807) is 6.07 Å². The van der Waals surface area contributed by atoms with E-state index in [1.807, 2.05) is 0 Å². The van der Waals surface area contributed by atoms with Gasteiger partial charge in [0.2, 0.25) is 5.91 Å². The highest BCUT2D eigenvalue weighted by molar-refractivity contribution is 6.15. The number of alkyl halides is 2. The normalized spacial score (nSPS) is 18.3. The Morgan fingerprint density at radius 2 is 2.06 bits per heavy atom. The number of carbonyl (C=O) groups is 2. The Hall–Kier alpha value is -2.04. The molecule has 1 aromatic carbocycles. The molecular formula is C13H11F2NO2. The molecule has 1 fully saturated rings. The van der Waals surface area contributed by atoms with Crippen LogP contribution in [0.2, 0.25) is 0 Å². The van der Waals surface area contributed by atoms with Gasteiger partial charge in [-0.3, -0.25) is 14.9 Å². The number of nitrogens with one attached hydrogen (secondary N) is 1. The Bertz CT molecular complexity index is 544. The van der Waals surface area contributed by atoms with Gasteiger partial charge in [0.1, 0.15) is 0 Å². The van der Waals surface area contributed by atoms with Gasteiger partial charge in [-0.1, -0.05) is 18.2 Å². The third kappa shape index (κ3) is 2.61. The predicted molar refractivity (Wildman–Crippen MR) is 61.8 cm³/mol. The SMILES string of the molecule is CC(F)(F)c1cccc(/C=C2\CC(=O)NC2=O)c1. The number of rotatable bonds is 2. The van der Waals surface area contributed by atoms with E-state index in [0.717, 1.165) is 6.92 Å². The number of halogens is 2. The third-order valence-electron chi connectivity index (χ3n) is 2.63. The van der Waals surface area contributed by atoms with Crippen molar-refractivity contribution in [2.75, 3.05) is 0 Å². The molecular weight excluding hydrogens is 240 g/mol. The van der Waals surface area contributed by atoms with E-state index in [2.05, 4.69) is 5.32 Å². The first-order valence-corrected chi connectivity index (χ1v) is 5.39. The molecule has 94 valence electrons. The first-order valence-electron chi connectivity index (χ1n) is 5.39. The van der Waals surface area contributed by atoms with Gasteiger partial charge in [-0.05, 0) is 17.7 Å². The zero-order valence-corrected chi connectivity index (χ0v) is 9.67. The van der Waals surface area contributed by atoms with Gasteiger partial charge in [0.25, 0.3) is 11.8 Å². The van der Waals surface area contributed by atoms with E-state index < -0.39 is 11.8 Å². The molecule has 1 aliphatic rings. The maximum atomic E-state index is 13.1. The van der Waals surface area contributed by atoms with Crippen LogP contribution < -0.4 is 5.32 Å². The van der Waals surface area contributed by atoms with Gasteiger partial charge in [-0.25, -0.2) is 8.78 Å². The van der Waals surface area contributed by atoms with Crippen LogP contribution in [0.15, 0.2) is 29.8 Å². The summed E-state index contributed by atoms with van der Waals surface area (Å²) in [6.07, 6.45) is 1.45. The summed E-state index contributed by atoms with van der Waals surface area (Å²) in [5.74, 6) is -3.76. The van der Waals surface area contributed by atoms with Crippen molar-refractivity contribution in [2.24, 2.45) is 0 Å². The molecule has 0 spiro atoms. The van der Waals surface area contributed by atoms with Crippen LogP contribution in [0.25, 0.3) is 6.08 Å². The lowest BCUT2D eigenvalue weighted by molar-refractivity contribution is -0.124. The average Bonchev–Trinajstić information content (AvgIpc) is 2.56. The third-order valence-corrected chi connectivity index (χ3v) is 2.63. The maximum absolute atomic E-state index is 13.1. The van der Waals surface area contributed by atoms with Crippen LogP contribution in [0.1, 0.15) is 24.5 Å². The minimum Gasteiger partial charge on any atom is -0.292 e. The minimum atomic E-state index is -2.93. The highest BCUT2D eigenvalue weighted by Gasteiger charge is 2.25. The summed E-state index contributed by atoms with van der Waals surface area (Å²) in [5, 5.41) is 2.14. The summed E-state index contributed by atoms with van der Waals surface area (Å²) in [4.78, 5) is 22.3. The zero-order valence-electron chi connectivity index (χ0n) is 9.67. The first-order chi connectivity index (χ1) is 8.36. The van der Waals surface area contributed by atoms with Crippen molar-refractivity contribution in [3.05, 3.63) is 41.0 Å². The molecule has 1 saturated heterocycles. The monoisotopic (exact) mass is 251 g/mol. The fourth-order valence-corrected chi connectivity index (χ4v) is 1.72. The summed E-state index contributed by atoms with van der Waals surface area (Å²) < 4.78 is 26.3. The van der Waals surface area contributed by atoms with E-state index >= 15 is 0 Å².